The summed E-state index contributed by atoms with van der Waals surface area (Å²) in [5.41, 5.74) is 0.00300. The fourth-order valence-electron chi connectivity index (χ4n) is 2.66. The zero-order chi connectivity index (χ0) is 18.0. The molecule has 1 aromatic heterocycles. The van der Waals surface area contributed by atoms with Crippen LogP contribution in [0, 0.1) is 0 Å². The minimum Gasteiger partial charge on any atom is -0.491 e. The second kappa shape index (κ2) is 6.84. The molecule has 0 radical (unpaired) electrons. The van der Waals surface area contributed by atoms with Crippen LogP contribution in [0.1, 0.15) is 43.6 Å². The molecule has 0 saturated heterocycles. The number of hydrogen-bond acceptors (Lipinski definition) is 5. The van der Waals surface area contributed by atoms with Crippen LogP contribution in [0.3, 0.4) is 0 Å². The number of carbonyl (C=O) groups is 2. The number of carboxylic acid groups (broad SMARTS) is 1. The summed E-state index contributed by atoms with van der Waals surface area (Å²) in [4.78, 5) is 28.0. The van der Waals surface area contributed by atoms with Gasteiger partial charge in [0.1, 0.15) is 22.0 Å². The van der Waals surface area contributed by atoms with E-state index in [1.165, 1.54) is 11.3 Å². The molecule has 7 heteroatoms. The summed E-state index contributed by atoms with van der Waals surface area (Å²) in [6.07, 6.45) is 1.83. The normalized spacial score (nSPS) is 15.5. The number of hydrogen-bond donors (Lipinski definition) is 2. The van der Waals surface area contributed by atoms with Crippen molar-refractivity contribution in [3.8, 4) is 16.3 Å². The van der Waals surface area contributed by atoms with Crippen LogP contribution in [0.15, 0.2) is 29.6 Å². The Morgan fingerprint density at radius 1 is 1.28 bits per heavy atom. The van der Waals surface area contributed by atoms with E-state index >= 15 is 0 Å². The molecule has 6 nitrogen and oxygen atoms in total. The largest absolute Gasteiger partial charge is 0.491 e. The van der Waals surface area contributed by atoms with E-state index in [1.807, 2.05) is 38.1 Å². The van der Waals surface area contributed by atoms with Crippen LogP contribution in [-0.2, 0) is 4.79 Å². The summed E-state index contributed by atoms with van der Waals surface area (Å²) < 4.78 is 5.61. The number of rotatable bonds is 6. The molecule has 132 valence electrons. The molecule has 0 bridgehead atoms. The number of aromatic nitrogens is 1. The predicted molar refractivity (Wildman–Crippen MR) is 95.0 cm³/mol. The summed E-state index contributed by atoms with van der Waals surface area (Å²) in [7, 11) is 0. The first-order chi connectivity index (χ1) is 11.9. The molecule has 1 aliphatic rings. The highest BCUT2D eigenvalue weighted by atomic mass is 32.1. The highest BCUT2D eigenvalue weighted by Gasteiger charge is 2.46. The number of thiazole rings is 1. The standard InChI is InChI=1S/C18H20N2O4S/c1-11(2)24-13-6-4-12(5-7-13)16-19-14(10-25-16)15(21)20-18(17(22)23)8-3-9-18/h4-7,10-11H,3,8-9H2,1-2H3,(H,20,21)(H,22,23). The summed E-state index contributed by atoms with van der Waals surface area (Å²) >= 11 is 1.35. The van der Waals surface area contributed by atoms with Gasteiger partial charge in [0.2, 0.25) is 0 Å². The number of amides is 1. The zero-order valence-corrected chi connectivity index (χ0v) is 14.9. The van der Waals surface area contributed by atoms with Gasteiger partial charge in [0.15, 0.2) is 0 Å². The van der Waals surface area contributed by atoms with Crippen LogP contribution < -0.4 is 10.1 Å². The van der Waals surface area contributed by atoms with Crippen molar-refractivity contribution in [2.24, 2.45) is 0 Å². The highest BCUT2D eigenvalue weighted by Crippen LogP contribution is 2.33. The Bertz CT molecular complexity index is 779. The molecule has 25 heavy (non-hydrogen) atoms. The Morgan fingerprint density at radius 2 is 1.96 bits per heavy atom. The summed E-state index contributed by atoms with van der Waals surface area (Å²) in [6, 6.07) is 7.51. The predicted octanol–water partition coefficient (Wildman–Crippen LogP) is 3.33. The Kier molecular flexibility index (Phi) is 4.76. The Labute approximate surface area is 149 Å². The van der Waals surface area contributed by atoms with E-state index in [-0.39, 0.29) is 11.8 Å². The fraction of sp³-hybridized carbons (Fsp3) is 0.389. The van der Waals surface area contributed by atoms with Crippen molar-refractivity contribution < 1.29 is 19.4 Å². The van der Waals surface area contributed by atoms with E-state index in [2.05, 4.69) is 10.3 Å². The van der Waals surface area contributed by atoms with E-state index in [9.17, 15) is 14.7 Å². The zero-order valence-electron chi connectivity index (χ0n) is 14.1. The molecule has 2 aromatic rings. The molecule has 0 unspecified atom stereocenters. The second-order valence-corrected chi connectivity index (χ2v) is 7.28. The van der Waals surface area contributed by atoms with E-state index in [1.54, 1.807) is 5.38 Å². The van der Waals surface area contributed by atoms with Gasteiger partial charge >= 0.3 is 5.97 Å². The molecule has 1 fully saturated rings. The first-order valence-electron chi connectivity index (χ1n) is 8.18. The van der Waals surface area contributed by atoms with Gasteiger partial charge < -0.3 is 15.2 Å². The number of nitrogens with one attached hydrogen (secondary N) is 1. The van der Waals surface area contributed by atoms with Crippen LogP contribution in [-0.4, -0.2) is 33.6 Å². The molecule has 2 N–H and O–H groups in total. The SMILES string of the molecule is CC(C)Oc1ccc(-c2nc(C(=O)NC3(C(=O)O)CCC3)cs2)cc1. The number of benzene rings is 1. The van der Waals surface area contributed by atoms with Gasteiger partial charge in [0.05, 0.1) is 6.10 Å². The summed E-state index contributed by atoms with van der Waals surface area (Å²) in [5, 5.41) is 14.3. The monoisotopic (exact) mass is 360 g/mol. The smallest absolute Gasteiger partial charge is 0.329 e. The molecule has 1 aliphatic carbocycles. The van der Waals surface area contributed by atoms with E-state index in [0.29, 0.717) is 17.8 Å². The van der Waals surface area contributed by atoms with Gasteiger partial charge in [-0.15, -0.1) is 11.3 Å². The number of aliphatic carboxylic acids is 1. The molecule has 3 rings (SSSR count). The van der Waals surface area contributed by atoms with Crippen molar-refractivity contribution in [2.75, 3.05) is 0 Å². The van der Waals surface area contributed by atoms with Gasteiger partial charge in [-0.05, 0) is 57.4 Å². The topological polar surface area (TPSA) is 88.5 Å². The van der Waals surface area contributed by atoms with Gasteiger partial charge in [0.25, 0.3) is 5.91 Å². The third-order valence-electron chi connectivity index (χ3n) is 4.18. The molecular formula is C18H20N2O4S. The van der Waals surface area contributed by atoms with Crippen LogP contribution in [0.5, 0.6) is 5.75 Å². The van der Waals surface area contributed by atoms with E-state index < -0.39 is 17.4 Å². The molecule has 1 saturated carbocycles. The highest BCUT2D eigenvalue weighted by molar-refractivity contribution is 7.13. The van der Waals surface area contributed by atoms with Crippen molar-refractivity contribution in [1.82, 2.24) is 10.3 Å². The van der Waals surface area contributed by atoms with Crippen LogP contribution in [0.25, 0.3) is 10.6 Å². The van der Waals surface area contributed by atoms with Gasteiger partial charge in [-0.3, -0.25) is 4.79 Å². The number of nitrogens with zero attached hydrogens (tertiary/aromatic N) is 1. The first kappa shape index (κ1) is 17.4. The maximum absolute atomic E-state index is 12.3. The van der Waals surface area contributed by atoms with Crippen molar-refractivity contribution in [1.29, 1.82) is 0 Å². The number of carboxylic acids is 1. The van der Waals surface area contributed by atoms with Crippen molar-refractivity contribution in [3.63, 3.8) is 0 Å². The summed E-state index contributed by atoms with van der Waals surface area (Å²) in [5.74, 6) is -0.644. The van der Waals surface area contributed by atoms with Crippen molar-refractivity contribution >= 4 is 23.2 Å². The second-order valence-electron chi connectivity index (χ2n) is 6.42. The number of carbonyl (C=O) groups excluding carboxylic acids is 1. The van der Waals surface area contributed by atoms with Crippen molar-refractivity contribution in [3.05, 3.63) is 35.3 Å². The van der Waals surface area contributed by atoms with Gasteiger partial charge in [-0.2, -0.15) is 0 Å². The lowest BCUT2D eigenvalue weighted by atomic mass is 9.76. The van der Waals surface area contributed by atoms with Crippen molar-refractivity contribution in [2.45, 2.75) is 44.8 Å². The molecule has 0 atom stereocenters. The lowest BCUT2D eigenvalue weighted by Crippen LogP contribution is -2.59. The quantitative estimate of drug-likeness (QED) is 0.825. The third kappa shape index (κ3) is 3.66. The first-order valence-corrected chi connectivity index (χ1v) is 9.06. The molecular weight excluding hydrogens is 340 g/mol. The van der Waals surface area contributed by atoms with Gasteiger partial charge in [-0.1, -0.05) is 0 Å². The molecule has 1 aromatic carbocycles. The maximum atomic E-state index is 12.3. The lowest BCUT2D eigenvalue weighted by Gasteiger charge is -2.37. The fourth-order valence-corrected chi connectivity index (χ4v) is 3.47. The van der Waals surface area contributed by atoms with Crippen LogP contribution in [0.4, 0.5) is 0 Å². The lowest BCUT2D eigenvalue weighted by molar-refractivity contribution is -0.148. The Hall–Kier alpha value is -2.41. The Morgan fingerprint density at radius 3 is 2.48 bits per heavy atom. The van der Waals surface area contributed by atoms with E-state index in [4.69, 9.17) is 4.74 Å². The minimum atomic E-state index is -1.13. The molecule has 1 heterocycles. The molecule has 0 spiro atoms. The average Bonchev–Trinajstić information content (AvgIpc) is 3.00. The molecule has 0 aliphatic heterocycles. The van der Waals surface area contributed by atoms with Gasteiger partial charge in [-0.25, -0.2) is 9.78 Å². The average molecular weight is 360 g/mol. The summed E-state index contributed by atoms with van der Waals surface area (Å²) in [6.45, 7) is 3.93. The van der Waals surface area contributed by atoms with Crippen LogP contribution >= 0.6 is 11.3 Å². The molecule has 1 amide bonds. The van der Waals surface area contributed by atoms with E-state index in [0.717, 1.165) is 17.7 Å². The van der Waals surface area contributed by atoms with Crippen LogP contribution in [0.2, 0.25) is 0 Å². The maximum Gasteiger partial charge on any atom is 0.329 e. The minimum absolute atomic E-state index is 0.106. The van der Waals surface area contributed by atoms with Gasteiger partial charge in [0, 0.05) is 10.9 Å². The third-order valence-corrected chi connectivity index (χ3v) is 5.07. The number of ether oxygens (including phenoxy) is 1. The Balaban J connectivity index is 1.71.